The van der Waals surface area contributed by atoms with Crippen LogP contribution in [-0.4, -0.2) is 78.9 Å². The molecule has 3 heterocycles. The van der Waals surface area contributed by atoms with Gasteiger partial charge in [0, 0.05) is 69.8 Å². The summed E-state index contributed by atoms with van der Waals surface area (Å²) in [4.78, 5) is 30.4. The monoisotopic (exact) mass is 492 g/mol. The number of carbonyl (C=O) groups excluding carboxylic acids is 1. The standard InChI is InChI=1S/C26H29FN6OS/c27-21-6-8-23(9-7-21)31-10-14-32(15-11-31)24-18-25(29-20-28-24)35-19-26(34)33-16-12-30(13-17-33)22-4-2-1-3-5-22/h1-9,18,20H,10-17,19H2. The van der Waals surface area contributed by atoms with Gasteiger partial charge in [-0.05, 0) is 36.4 Å². The van der Waals surface area contributed by atoms with Crippen LogP contribution in [0.1, 0.15) is 0 Å². The summed E-state index contributed by atoms with van der Waals surface area (Å²) in [6.45, 7) is 6.50. The van der Waals surface area contributed by atoms with Crippen molar-refractivity contribution in [3.05, 3.63) is 72.8 Å². The molecule has 2 aliphatic heterocycles. The van der Waals surface area contributed by atoms with E-state index in [1.807, 2.05) is 41.3 Å². The van der Waals surface area contributed by atoms with Gasteiger partial charge in [0.2, 0.25) is 5.91 Å². The number of piperazine rings is 2. The minimum atomic E-state index is -0.216. The summed E-state index contributed by atoms with van der Waals surface area (Å²) in [5, 5.41) is 0.812. The van der Waals surface area contributed by atoms with Crippen LogP contribution in [0, 0.1) is 5.82 Å². The van der Waals surface area contributed by atoms with Crippen molar-refractivity contribution >= 4 is 34.9 Å². The van der Waals surface area contributed by atoms with Crippen LogP contribution < -0.4 is 14.7 Å². The maximum absolute atomic E-state index is 13.2. The van der Waals surface area contributed by atoms with Crippen molar-refractivity contribution in [3.8, 4) is 0 Å². The lowest BCUT2D eigenvalue weighted by Crippen LogP contribution is -2.49. The molecule has 0 saturated carbocycles. The average molecular weight is 493 g/mol. The molecule has 1 aromatic heterocycles. The number of halogens is 1. The second-order valence-electron chi connectivity index (χ2n) is 8.66. The normalized spacial score (nSPS) is 16.5. The zero-order chi connectivity index (χ0) is 24.0. The number of nitrogens with zero attached hydrogens (tertiary/aromatic N) is 6. The van der Waals surface area contributed by atoms with E-state index in [2.05, 4.69) is 36.8 Å². The predicted molar refractivity (Wildman–Crippen MR) is 139 cm³/mol. The van der Waals surface area contributed by atoms with E-state index in [1.165, 1.54) is 29.6 Å². The first kappa shape index (κ1) is 23.4. The van der Waals surface area contributed by atoms with Crippen LogP contribution in [-0.2, 0) is 4.79 Å². The number of hydrogen-bond acceptors (Lipinski definition) is 7. The van der Waals surface area contributed by atoms with E-state index in [1.54, 1.807) is 6.33 Å². The summed E-state index contributed by atoms with van der Waals surface area (Å²) in [7, 11) is 0. The van der Waals surface area contributed by atoms with Gasteiger partial charge in [0.05, 0.1) is 5.75 Å². The first-order valence-electron chi connectivity index (χ1n) is 11.9. The quantitative estimate of drug-likeness (QED) is 0.386. The van der Waals surface area contributed by atoms with E-state index < -0.39 is 0 Å². The molecular weight excluding hydrogens is 463 g/mol. The van der Waals surface area contributed by atoms with Crippen molar-refractivity contribution in [1.29, 1.82) is 0 Å². The summed E-state index contributed by atoms with van der Waals surface area (Å²) < 4.78 is 13.2. The maximum Gasteiger partial charge on any atom is 0.233 e. The van der Waals surface area contributed by atoms with Crippen molar-refractivity contribution in [2.75, 3.05) is 72.8 Å². The minimum Gasteiger partial charge on any atom is -0.368 e. The molecule has 0 spiro atoms. The molecule has 0 atom stereocenters. The molecule has 0 N–H and O–H groups in total. The van der Waals surface area contributed by atoms with E-state index in [0.717, 1.165) is 68.9 Å². The highest BCUT2D eigenvalue weighted by atomic mass is 32.2. The molecule has 2 saturated heterocycles. The Labute approximate surface area is 209 Å². The van der Waals surface area contributed by atoms with Gasteiger partial charge in [0.25, 0.3) is 0 Å². The molecule has 2 aromatic carbocycles. The lowest BCUT2D eigenvalue weighted by molar-refractivity contribution is -0.128. The smallest absolute Gasteiger partial charge is 0.233 e. The van der Waals surface area contributed by atoms with Gasteiger partial charge in [0.15, 0.2) is 0 Å². The molecule has 2 aliphatic rings. The number of amides is 1. The molecule has 0 aliphatic carbocycles. The zero-order valence-electron chi connectivity index (χ0n) is 19.6. The first-order chi connectivity index (χ1) is 17.2. The van der Waals surface area contributed by atoms with E-state index in [0.29, 0.717) is 5.75 Å². The molecule has 0 unspecified atom stereocenters. The second-order valence-corrected chi connectivity index (χ2v) is 9.65. The Bertz CT molecular complexity index is 1120. The van der Waals surface area contributed by atoms with Gasteiger partial charge in [-0.2, -0.15) is 0 Å². The van der Waals surface area contributed by atoms with Gasteiger partial charge >= 0.3 is 0 Å². The van der Waals surface area contributed by atoms with Crippen molar-refractivity contribution in [2.24, 2.45) is 0 Å². The Morgan fingerprint density at radius 1 is 0.771 bits per heavy atom. The molecular formula is C26H29FN6OS. The molecule has 35 heavy (non-hydrogen) atoms. The number of aromatic nitrogens is 2. The molecule has 3 aromatic rings. The van der Waals surface area contributed by atoms with E-state index in [-0.39, 0.29) is 11.7 Å². The summed E-state index contributed by atoms with van der Waals surface area (Å²) in [6, 6.07) is 19.0. The molecule has 7 nitrogen and oxygen atoms in total. The number of anilines is 3. The van der Waals surface area contributed by atoms with Crippen molar-refractivity contribution < 1.29 is 9.18 Å². The van der Waals surface area contributed by atoms with Crippen LogP contribution >= 0.6 is 11.8 Å². The van der Waals surface area contributed by atoms with Gasteiger partial charge in [-0.15, -0.1) is 0 Å². The molecule has 0 radical (unpaired) electrons. The Morgan fingerprint density at radius 2 is 1.37 bits per heavy atom. The Balaban J connectivity index is 1.10. The Hall–Kier alpha value is -3.33. The molecule has 2 fully saturated rings. The fraction of sp³-hybridized carbons (Fsp3) is 0.346. The molecule has 0 bridgehead atoms. The highest BCUT2D eigenvalue weighted by molar-refractivity contribution is 7.99. The third-order valence-corrected chi connectivity index (χ3v) is 7.43. The van der Waals surface area contributed by atoms with Crippen LogP contribution in [0.25, 0.3) is 0 Å². The summed E-state index contributed by atoms with van der Waals surface area (Å²) in [5.74, 6) is 1.19. The van der Waals surface area contributed by atoms with Crippen LogP contribution in [0.15, 0.2) is 72.0 Å². The van der Waals surface area contributed by atoms with Gasteiger partial charge in [0.1, 0.15) is 23.0 Å². The third kappa shape index (κ3) is 5.85. The van der Waals surface area contributed by atoms with Gasteiger partial charge in [-0.25, -0.2) is 14.4 Å². The van der Waals surface area contributed by atoms with Crippen molar-refractivity contribution in [3.63, 3.8) is 0 Å². The zero-order valence-corrected chi connectivity index (χ0v) is 20.4. The lowest BCUT2D eigenvalue weighted by atomic mass is 10.2. The summed E-state index contributed by atoms with van der Waals surface area (Å²) in [6.07, 6.45) is 1.58. The predicted octanol–water partition coefficient (Wildman–Crippen LogP) is 3.38. The second kappa shape index (κ2) is 10.9. The van der Waals surface area contributed by atoms with E-state index >= 15 is 0 Å². The number of benzene rings is 2. The third-order valence-electron chi connectivity index (χ3n) is 6.52. The lowest BCUT2D eigenvalue weighted by Gasteiger charge is -2.36. The molecule has 182 valence electrons. The Morgan fingerprint density at radius 3 is 2.06 bits per heavy atom. The molecule has 1 amide bonds. The van der Waals surface area contributed by atoms with Gasteiger partial charge < -0.3 is 19.6 Å². The highest BCUT2D eigenvalue weighted by Crippen LogP contribution is 2.23. The summed E-state index contributed by atoms with van der Waals surface area (Å²) >= 11 is 1.47. The number of para-hydroxylation sites is 1. The summed E-state index contributed by atoms with van der Waals surface area (Å²) in [5.41, 5.74) is 2.24. The van der Waals surface area contributed by atoms with Crippen molar-refractivity contribution in [1.82, 2.24) is 14.9 Å². The Kier molecular flexibility index (Phi) is 7.32. The van der Waals surface area contributed by atoms with Crippen molar-refractivity contribution in [2.45, 2.75) is 5.03 Å². The largest absolute Gasteiger partial charge is 0.368 e. The minimum absolute atomic E-state index is 0.149. The maximum atomic E-state index is 13.2. The number of thioether (sulfide) groups is 1. The van der Waals surface area contributed by atoms with E-state index in [4.69, 9.17) is 0 Å². The SMILES string of the molecule is O=C(CSc1cc(N2CCN(c3ccc(F)cc3)CC2)ncn1)N1CCN(c2ccccc2)CC1. The van der Waals surface area contributed by atoms with Gasteiger partial charge in [-0.1, -0.05) is 30.0 Å². The highest BCUT2D eigenvalue weighted by Gasteiger charge is 2.22. The number of rotatable bonds is 6. The van der Waals surface area contributed by atoms with E-state index in [9.17, 15) is 9.18 Å². The van der Waals surface area contributed by atoms with Gasteiger partial charge in [-0.3, -0.25) is 4.79 Å². The number of carbonyl (C=O) groups is 1. The molecule has 9 heteroatoms. The fourth-order valence-electron chi connectivity index (χ4n) is 4.51. The van der Waals surface area contributed by atoms with Crippen LogP contribution in [0.3, 0.4) is 0 Å². The topological polar surface area (TPSA) is 55.8 Å². The fourth-order valence-corrected chi connectivity index (χ4v) is 5.27. The van der Waals surface area contributed by atoms with Crippen LogP contribution in [0.2, 0.25) is 0 Å². The average Bonchev–Trinajstić information content (AvgIpc) is 2.93. The molecule has 5 rings (SSSR count). The first-order valence-corrected chi connectivity index (χ1v) is 12.9. The number of hydrogen-bond donors (Lipinski definition) is 0. The van der Waals surface area contributed by atoms with Crippen LogP contribution in [0.4, 0.5) is 21.6 Å². The van der Waals surface area contributed by atoms with Crippen LogP contribution in [0.5, 0.6) is 0 Å².